The Morgan fingerprint density at radius 1 is 1.00 bits per heavy atom. The van der Waals surface area contributed by atoms with Crippen molar-refractivity contribution in [1.82, 2.24) is 0 Å². The van der Waals surface area contributed by atoms with E-state index in [2.05, 4.69) is 0 Å². The smallest absolute Gasteiger partial charge is 0.185 e. The van der Waals surface area contributed by atoms with Gasteiger partial charge in [-0.1, -0.05) is 6.08 Å². The Hall–Kier alpha value is -1.31. The van der Waals surface area contributed by atoms with Crippen molar-refractivity contribution >= 4 is 12.4 Å². The van der Waals surface area contributed by atoms with E-state index in [4.69, 9.17) is 4.42 Å². The zero-order valence-corrected chi connectivity index (χ0v) is 7.51. The van der Waals surface area contributed by atoms with Gasteiger partial charge in [0, 0.05) is 5.92 Å². The minimum absolute atomic E-state index is 0.354. The van der Waals surface area contributed by atoms with Crippen LogP contribution in [0.1, 0.15) is 16.3 Å². The first-order chi connectivity index (χ1) is 6.88. The number of allylic oxidation sites excluding steroid dienone is 1. The highest BCUT2D eigenvalue weighted by Crippen LogP contribution is 2.24. The van der Waals surface area contributed by atoms with Gasteiger partial charge in [-0.2, -0.15) is 0 Å². The molecule has 0 atom stereocenters. The Balaban J connectivity index is 1.98. The van der Waals surface area contributed by atoms with Gasteiger partial charge in [0.2, 0.25) is 0 Å². The van der Waals surface area contributed by atoms with Crippen LogP contribution in [0.15, 0.2) is 22.6 Å². The first-order valence-corrected chi connectivity index (χ1v) is 4.33. The minimum atomic E-state index is 0.354. The number of carbonyl (C=O) groups excluding carboxylic acids is 1. The van der Waals surface area contributed by atoms with Crippen molar-refractivity contribution in [1.29, 1.82) is 0 Å². The highest BCUT2D eigenvalue weighted by atomic mass is 16.3. The molecule has 1 fully saturated rings. The summed E-state index contributed by atoms with van der Waals surface area (Å²) in [6.07, 6.45) is 12.4. The molecule has 5 radical (unpaired) electrons. The summed E-state index contributed by atoms with van der Waals surface area (Å²) in [7, 11) is 0. The average molecular weight is 185 g/mol. The molecule has 1 aliphatic rings. The second kappa shape index (κ2) is 4.27. The van der Waals surface area contributed by atoms with Gasteiger partial charge in [-0.3, -0.25) is 4.79 Å². The summed E-state index contributed by atoms with van der Waals surface area (Å²) in [4.78, 5) is 10.3. The third-order valence-corrected chi connectivity index (χ3v) is 1.89. The van der Waals surface area contributed by atoms with Crippen LogP contribution in [0.5, 0.6) is 0 Å². The lowest BCUT2D eigenvalue weighted by Gasteiger charge is -1.96. The van der Waals surface area contributed by atoms with Gasteiger partial charge in [0.1, 0.15) is 5.76 Å². The van der Waals surface area contributed by atoms with Gasteiger partial charge in [0.05, 0.1) is 0 Å². The molecular formula is C12H9O2. The third-order valence-electron chi connectivity index (χ3n) is 1.89. The number of hydrogen-bond acceptors (Lipinski definition) is 2. The van der Waals surface area contributed by atoms with Gasteiger partial charge < -0.3 is 4.42 Å². The molecule has 2 rings (SSSR count). The van der Waals surface area contributed by atoms with Gasteiger partial charge in [0.25, 0.3) is 0 Å². The summed E-state index contributed by atoms with van der Waals surface area (Å²) >= 11 is 0. The zero-order valence-electron chi connectivity index (χ0n) is 7.51. The van der Waals surface area contributed by atoms with Crippen LogP contribution in [0.4, 0.5) is 0 Å². The van der Waals surface area contributed by atoms with E-state index in [1.54, 1.807) is 12.1 Å². The second-order valence-corrected chi connectivity index (χ2v) is 2.91. The fraction of sp³-hybridized carbons (Fsp3) is 0. The normalized spacial score (nSPS) is 18.0. The zero-order chi connectivity index (χ0) is 9.80. The molecule has 0 saturated heterocycles. The van der Waals surface area contributed by atoms with Gasteiger partial charge in [-0.25, -0.2) is 0 Å². The van der Waals surface area contributed by atoms with Gasteiger partial charge in [-0.05, 0) is 43.9 Å². The van der Waals surface area contributed by atoms with Gasteiger partial charge >= 0.3 is 0 Å². The summed E-state index contributed by atoms with van der Waals surface area (Å²) in [5.74, 6) is 2.16. The molecule has 1 aliphatic carbocycles. The SMILES string of the molecule is O=Cc1ccc(/C=C/[C]2[CH][CH][CH][CH]2)o1. The molecule has 1 aromatic rings. The minimum Gasteiger partial charge on any atom is -0.454 e. The average Bonchev–Trinajstić information content (AvgIpc) is 2.86. The third kappa shape index (κ3) is 2.13. The Labute approximate surface area is 83.6 Å². The predicted octanol–water partition coefficient (Wildman–Crippen LogP) is 2.51. The number of rotatable bonds is 3. The van der Waals surface area contributed by atoms with E-state index in [1.807, 2.05) is 37.8 Å². The molecule has 1 saturated carbocycles. The molecule has 69 valence electrons. The van der Waals surface area contributed by atoms with E-state index < -0.39 is 0 Å². The Kier molecular flexibility index (Phi) is 2.82. The molecule has 2 nitrogen and oxygen atoms in total. The molecule has 0 spiro atoms. The lowest BCUT2D eigenvalue weighted by atomic mass is 10.1. The summed E-state index contributed by atoms with van der Waals surface area (Å²) in [6.45, 7) is 0. The molecular weight excluding hydrogens is 176 g/mol. The summed E-state index contributed by atoms with van der Waals surface area (Å²) < 4.78 is 5.18. The molecule has 0 N–H and O–H groups in total. The van der Waals surface area contributed by atoms with Crippen molar-refractivity contribution in [3.63, 3.8) is 0 Å². The van der Waals surface area contributed by atoms with Crippen molar-refractivity contribution < 1.29 is 9.21 Å². The van der Waals surface area contributed by atoms with E-state index in [-0.39, 0.29) is 0 Å². The number of hydrogen-bond donors (Lipinski definition) is 0. The van der Waals surface area contributed by atoms with Crippen molar-refractivity contribution in [3.05, 3.63) is 61.3 Å². The summed E-state index contributed by atoms with van der Waals surface area (Å²) in [5, 5.41) is 0. The summed E-state index contributed by atoms with van der Waals surface area (Å²) in [5.41, 5.74) is 0. The topological polar surface area (TPSA) is 30.2 Å². The van der Waals surface area contributed by atoms with Crippen LogP contribution in [0, 0.1) is 31.6 Å². The van der Waals surface area contributed by atoms with Gasteiger partial charge in [-0.15, -0.1) is 0 Å². The molecule has 1 heterocycles. The van der Waals surface area contributed by atoms with E-state index in [0.717, 1.165) is 5.92 Å². The van der Waals surface area contributed by atoms with Crippen LogP contribution in [-0.4, -0.2) is 6.29 Å². The second-order valence-electron chi connectivity index (χ2n) is 2.91. The Morgan fingerprint density at radius 2 is 1.71 bits per heavy atom. The maximum Gasteiger partial charge on any atom is 0.185 e. The van der Waals surface area contributed by atoms with Crippen LogP contribution in [-0.2, 0) is 0 Å². The van der Waals surface area contributed by atoms with Crippen molar-refractivity contribution in [2.75, 3.05) is 0 Å². The first-order valence-electron chi connectivity index (χ1n) is 4.33. The largest absolute Gasteiger partial charge is 0.454 e. The highest BCUT2D eigenvalue weighted by Gasteiger charge is 2.13. The quantitative estimate of drug-likeness (QED) is 0.677. The van der Waals surface area contributed by atoms with E-state index >= 15 is 0 Å². The van der Waals surface area contributed by atoms with Crippen LogP contribution >= 0.6 is 0 Å². The van der Waals surface area contributed by atoms with E-state index in [9.17, 15) is 4.79 Å². The molecule has 0 aliphatic heterocycles. The van der Waals surface area contributed by atoms with Crippen molar-refractivity contribution in [3.8, 4) is 0 Å². The number of carbonyl (C=O) groups is 1. The van der Waals surface area contributed by atoms with Crippen LogP contribution < -0.4 is 0 Å². The lowest BCUT2D eigenvalue weighted by molar-refractivity contribution is 0.110. The van der Waals surface area contributed by atoms with E-state index in [0.29, 0.717) is 17.8 Å². The standard InChI is InChI=1S/C12H9O2/c13-9-12-8-7-11(14-12)6-5-10-3-1-2-4-10/h1-9H/b6-5+. The fourth-order valence-corrected chi connectivity index (χ4v) is 1.20. The lowest BCUT2D eigenvalue weighted by Crippen LogP contribution is -1.83. The fourth-order valence-electron chi connectivity index (χ4n) is 1.20. The van der Waals surface area contributed by atoms with Crippen LogP contribution in [0.2, 0.25) is 0 Å². The predicted molar refractivity (Wildman–Crippen MR) is 53.6 cm³/mol. The monoisotopic (exact) mass is 185 g/mol. The van der Waals surface area contributed by atoms with Crippen LogP contribution in [0.3, 0.4) is 0 Å². The molecule has 0 amide bonds. The first kappa shape index (κ1) is 9.25. The number of furan rings is 1. The van der Waals surface area contributed by atoms with Crippen molar-refractivity contribution in [2.45, 2.75) is 0 Å². The van der Waals surface area contributed by atoms with Gasteiger partial charge in [0.15, 0.2) is 12.0 Å². The Morgan fingerprint density at radius 3 is 2.36 bits per heavy atom. The number of aldehydes is 1. The molecule has 0 unspecified atom stereocenters. The Bertz CT molecular complexity index is 330. The molecule has 2 heteroatoms. The van der Waals surface area contributed by atoms with Crippen LogP contribution in [0.25, 0.3) is 6.08 Å². The molecule has 14 heavy (non-hydrogen) atoms. The highest BCUT2D eigenvalue weighted by molar-refractivity contribution is 5.71. The maximum absolute atomic E-state index is 10.3. The molecule has 0 aromatic carbocycles. The maximum atomic E-state index is 10.3. The molecule has 0 bridgehead atoms. The molecule has 1 aromatic heterocycles. The van der Waals surface area contributed by atoms with Crippen molar-refractivity contribution in [2.24, 2.45) is 0 Å². The van der Waals surface area contributed by atoms with E-state index in [1.165, 1.54) is 0 Å². The summed E-state index contributed by atoms with van der Waals surface area (Å²) in [6, 6.07) is 3.42.